The van der Waals surface area contributed by atoms with E-state index in [9.17, 15) is 5.11 Å². The molecule has 0 atom stereocenters. The van der Waals surface area contributed by atoms with Gasteiger partial charge < -0.3 is 24.2 Å². The number of hydrogen-bond donors (Lipinski definition) is 1. The van der Waals surface area contributed by atoms with Gasteiger partial charge in [0.15, 0.2) is 11.5 Å². The zero-order valence-electron chi connectivity index (χ0n) is 20.4. The first-order valence-corrected chi connectivity index (χ1v) is 12.2. The van der Waals surface area contributed by atoms with Crippen LogP contribution in [0.4, 0.5) is 5.95 Å². The maximum Gasteiger partial charge on any atom is 0.228 e. The Morgan fingerprint density at radius 1 is 0.914 bits per heavy atom. The third-order valence-electron chi connectivity index (χ3n) is 6.63. The third-order valence-corrected chi connectivity index (χ3v) is 6.63. The Balaban J connectivity index is 1.44. The Morgan fingerprint density at radius 3 is 2.54 bits per heavy atom. The summed E-state index contributed by atoms with van der Waals surface area (Å²) in [7, 11) is 3.21. The van der Waals surface area contributed by atoms with E-state index in [0.29, 0.717) is 23.9 Å². The molecule has 0 unspecified atom stereocenters. The van der Waals surface area contributed by atoms with Crippen LogP contribution in [0.25, 0.3) is 0 Å². The minimum Gasteiger partial charge on any atom is -0.504 e. The van der Waals surface area contributed by atoms with E-state index in [1.165, 1.54) is 6.42 Å². The van der Waals surface area contributed by atoms with Gasteiger partial charge >= 0.3 is 0 Å². The van der Waals surface area contributed by atoms with Crippen molar-refractivity contribution in [2.24, 2.45) is 0 Å². The first-order chi connectivity index (χ1) is 17.1. The van der Waals surface area contributed by atoms with E-state index >= 15 is 0 Å². The summed E-state index contributed by atoms with van der Waals surface area (Å²) in [6.07, 6.45) is 4.40. The van der Waals surface area contributed by atoms with Crippen molar-refractivity contribution in [3.8, 4) is 28.9 Å². The first-order valence-electron chi connectivity index (χ1n) is 12.2. The number of aromatic nitrogens is 2. The number of phenols is 1. The van der Waals surface area contributed by atoms with Gasteiger partial charge in [-0.2, -0.15) is 4.98 Å². The van der Waals surface area contributed by atoms with Gasteiger partial charge in [-0.05, 0) is 49.1 Å². The molecule has 1 N–H and O–H groups in total. The van der Waals surface area contributed by atoms with Crippen LogP contribution in [0.1, 0.15) is 36.1 Å². The summed E-state index contributed by atoms with van der Waals surface area (Å²) >= 11 is 0. The molecule has 0 amide bonds. The number of fused-ring (bicyclic) bond motifs is 1. The van der Waals surface area contributed by atoms with Crippen molar-refractivity contribution < 1.29 is 19.3 Å². The van der Waals surface area contributed by atoms with Crippen molar-refractivity contribution in [3.05, 3.63) is 59.3 Å². The van der Waals surface area contributed by atoms with Gasteiger partial charge in [0, 0.05) is 45.2 Å². The topological polar surface area (TPSA) is 80.2 Å². The van der Waals surface area contributed by atoms with Crippen LogP contribution in [-0.4, -0.2) is 53.8 Å². The molecule has 35 heavy (non-hydrogen) atoms. The lowest BCUT2D eigenvalue weighted by atomic mass is 10.1. The van der Waals surface area contributed by atoms with Crippen LogP contribution in [0.3, 0.4) is 0 Å². The van der Waals surface area contributed by atoms with Crippen molar-refractivity contribution in [2.45, 2.75) is 38.8 Å². The summed E-state index contributed by atoms with van der Waals surface area (Å²) in [6.45, 7) is 4.24. The molecular formula is C27H32N4O4. The average Bonchev–Trinajstić information content (AvgIpc) is 2.90. The number of rotatable bonds is 7. The molecule has 1 aromatic heterocycles. The summed E-state index contributed by atoms with van der Waals surface area (Å²) in [5.41, 5.74) is 3.15. The summed E-state index contributed by atoms with van der Waals surface area (Å²) in [5, 5.41) is 9.93. The molecule has 3 aromatic rings. The normalized spacial score (nSPS) is 16.0. The highest BCUT2D eigenvalue weighted by atomic mass is 16.5. The molecular weight excluding hydrogens is 444 g/mol. The van der Waals surface area contributed by atoms with Gasteiger partial charge in [0.05, 0.1) is 25.5 Å². The molecule has 0 saturated carbocycles. The number of piperidine rings is 1. The van der Waals surface area contributed by atoms with Gasteiger partial charge in [0.2, 0.25) is 11.8 Å². The van der Waals surface area contributed by atoms with Crippen molar-refractivity contribution in [1.29, 1.82) is 0 Å². The fraction of sp³-hybridized carbons (Fsp3) is 0.407. The van der Waals surface area contributed by atoms with Crippen LogP contribution in [0.15, 0.2) is 42.5 Å². The lowest BCUT2D eigenvalue weighted by molar-refractivity contribution is 0.237. The Kier molecular flexibility index (Phi) is 6.90. The van der Waals surface area contributed by atoms with Gasteiger partial charge in [-0.1, -0.05) is 12.1 Å². The highest BCUT2D eigenvalue weighted by Crippen LogP contribution is 2.34. The van der Waals surface area contributed by atoms with E-state index in [4.69, 9.17) is 24.2 Å². The fourth-order valence-electron chi connectivity index (χ4n) is 4.74. The van der Waals surface area contributed by atoms with Gasteiger partial charge in [-0.15, -0.1) is 0 Å². The number of ether oxygens (including phenoxy) is 3. The average molecular weight is 477 g/mol. The molecule has 0 bridgehead atoms. The molecule has 1 saturated heterocycles. The quantitative estimate of drug-likeness (QED) is 0.532. The number of nitrogens with zero attached hydrogens (tertiary/aromatic N) is 4. The minimum absolute atomic E-state index is 0.146. The zero-order valence-corrected chi connectivity index (χ0v) is 20.4. The van der Waals surface area contributed by atoms with E-state index in [1.54, 1.807) is 20.3 Å². The number of methoxy groups -OCH3 is 2. The van der Waals surface area contributed by atoms with Crippen molar-refractivity contribution >= 4 is 5.95 Å². The highest BCUT2D eigenvalue weighted by molar-refractivity contribution is 5.45. The van der Waals surface area contributed by atoms with E-state index in [2.05, 4.69) is 9.80 Å². The molecule has 3 heterocycles. The zero-order chi connectivity index (χ0) is 24.2. The second-order valence-corrected chi connectivity index (χ2v) is 9.05. The second-order valence-electron chi connectivity index (χ2n) is 9.05. The lowest BCUT2D eigenvalue weighted by Crippen LogP contribution is -2.34. The number of phenolic OH excluding ortho intramolecular Hbond substituents is 1. The molecule has 184 valence electrons. The number of anilines is 1. The van der Waals surface area contributed by atoms with E-state index < -0.39 is 0 Å². The van der Waals surface area contributed by atoms with Gasteiger partial charge in [0.1, 0.15) is 11.5 Å². The van der Waals surface area contributed by atoms with E-state index in [-0.39, 0.29) is 5.75 Å². The van der Waals surface area contributed by atoms with Crippen LogP contribution in [-0.2, 0) is 19.5 Å². The van der Waals surface area contributed by atoms with Crippen LogP contribution >= 0.6 is 0 Å². The molecule has 8 heteroatoms. The Morgan fingerprint density at radius 2 is 1.74 bits per heavy atom. The van der Waals surface area contributed by atoms with Crippen molar-refractivity contribution in [2.75, 3.05) is 38.8 Å². The van der Waals surface area contributed by atoms with Gasteiger partial charge in [0.25, 0.3) is 0 Å². The molecule has 8 nitrogen and oxygen atoms in total. The Hall–Kier alpha value is -3.52. The molecule has 0 radical (unpaired) electrons. The highest BCUT2D eigenvalue weighted by Gasteiger charge is 2.26. The third kappa shape index (κ3) is 5.27. The summed E-state index contributed by atoms with van der Waals surface area (Å²) in [5.74, 6) is 3.43. The van der Waals surface area contributed by atoms with Crippen molar-refractivity contribution in [1.82, 2.24) is 14.9 Å². The molecule has 0 aliphatic carbocycles. The van der Waals surface area contributed by atoms with Crippen LogP contribution in [0.2, 0.25) is 0 Å². The molecule has 2 aromatic carbocycles. The monoisotopic (exact) mass is 476 g/mol. The maximum absolute atomic E-state index is 9.93. The second kappa shape index (κ2) is 10.4. The molecule has 1 fully saturated rings. The number of aromatic hydroxyl groups is 1. The van der Waals surface area contributed by atoms with E-state index in [0.717, 1.165) is 74.0 Å². The largest absolute Gasteiger partial charge is 0.504 e. The summed E-state index contributed by atoms with van der Waals surface area (Å²) < 4.78 is 17.0. The summed E-state index contributed by atoms with van der Waals surface area (Å²) in [6, 6.07) is 13.1. The SMILES string of the molecule is COc1cccc(Oc2nc(N3CCCCC3)nc3c2CN(Cc2ccc(O)c(OC)c2)CC3)c1. The number of benzene rings is 2. The molecule has 5 rings (SSSR count). The van der Waals surface area contributed by atoms with Gasteiger partial charge in [-0.3, -0.25) is 4.90 Å². The van der Waals surface area contributed by atoms with Gasteiger partial charge in [-0.25, -0.2) is 4.98 Å². The molecule has 0 spiro atoms. The Bertz CT molecular complexity index is 1180. The predicted molar refractivity (Wildman–Crippen MR) is 134 cm³/mol. The predicted octanol–water partition coefficient (Wildman–Crippen LogP) is 4.54. The standard InChI is InChI=1S/C27H32N4O4/c1-33-20-7-6-8-21(16-20)35-26-22-18-30(17-19-9-10-24(32)25(15-19)34-2)14-11-23(22)28-27(29-26)31-12-4-3-5-13-31/h6-10,15-16,32H,3-5,11-14,17-18H2,1-2H3. The van der Waals surface area contributed by atoms with Crippen LogP contribution in [0.5, 0.6) is 28.9 Å². The smallest absolute Gasteiger partial charge is 0.228 e. The number of hydrogen-bond acceptors (Lipinski definition) is 8. The first kappa shape index (κ1) is 23.2. The molecule has 2 aliphatic heterocycles. The summed E-state index contributed by atoms with van der Waals surface area (Å²) in [4.78, 5) is 14.5. The lowest BCUT2D eigenvalue weighted by Gasteiger charge is -2.32. The van der Waals surface area contributed by atoms with Crippen LogP contribution < -0.4 is 19.1 Å². The Labute approximate surface area is 206 Å². The minimum atomic E-state index is 0.146. The van der Waals surface area contributed by atoms with Crippen molar-refractivity contribution in [3.63, 3.8) is 0 Å². The fourth-order valence-corrected chi connectivity index (χ4v) is 4.74. The van der Waals surface area contributed by atoms with E-state index in [1.807, 2.05) is 36.4 Å². The maximum atomic E-state index is 9.93. The van der Waals surface area contributed by atoms with Crippen LogP contribution in [0, 0.1) is 0 Å². The molecule has 2 aliphatic rings.